The molecule has 5 nitrogen and oxygen atoms in total. The SMILES string of the molecule is C[C@@H]1CCCC[C@H]1NC(=O)CN1CCCN(C(=O)c2ccc(F)cc2)CC1. The lowest BCUT2D eigenvalue weighted by Gasteiger charge is -2.30. The van der Waals surface area contributed by atoms with Crippen molar-refractivity contribution in [2.24, 2.45) is 5.92 Å². The molecule has 0 radical (unpaired) electrons. The first-order valence-electron chi connectivity index (χ1n) is 10.1. The summed E-state index contributed by atoms with van der Waals surface area (Å²) in [5, 5.41) is 3.20. The summed E-state index contributed by atoms with van der Waals surface area (Å²) in [7, 11) is 0. The van der Waals surface area contributed by atoms with Gasteiger partial charge in [-0.05, 0) is 49.4 Å². The summed E-state index contributed by atoms with van der Waals surface area (Å²) < 4.78 is 13.1. The zero-order chi connectivity index (χ0) is 19.2. The van der Waals surface area contributed by atoms with Crippen LogP contribution in [0.5, 0.6) is 0 Å². The first kappa shape index (κ1) is 19.8. The molecule has 148 valence electrons. The van der Waals surface area contributed by atoms with Gasteiger partial charge in [0.2, 0.25) is 5.91 Å². The molecule has 6 heteroatoms. The van der Waals surface area contributed by atoms with E-state index in [1.54, 1.807) is 4.90 Å². The third-order valence-electron chi connectivity index (χ3n) is 5.79. The van der Waals surface area contributed by atoms with Crippen molar-refractivity contribution < 1.29 is 14.0 Å². The van der Waals surface area contributed by atoms with E-state index in [2.05, 4.69) is 17.1 Å². The van der Waals surface area contributed by atoms with E-state index in [0.717, 1.165) is 19.4 Å². The predicted molar refractivity (Wildman–Crippen MR) is 103 cm³/mol. The maximum Gasteiger partial charge on any atom is 0.253 e. The number of hydrogen-bond acceptors (Lipinski definition) is 3. The first-order chi connectivity index (χ1) is 13.0. The highest BCUT2D eigenvalue weighted by atomic mass is 19.1. The van der Waals surface area contributed by atoms with E-state index < -0.39 is 0 Å². The van der Waals surface area contributed by atoms with Gasteiger partial charge in [-0.2, -0.15) is 0 Å². The molecule has 1 saturated heterocycles. The third kappa shape index (κ3) is 5.51. The summed E-state index contributed by atoms with van der Waals surface area (Å²) in [5.41, 5.74) is 0.508. The minimum atomic E-state index is -0.341. The molecule has 2 atom stereocenters. The number of amides is 2. The number of nitrogens with zero attached hydrogens (tertiary/aromatic N) is 2. The Kier molecular flexibility index (Phi) is 6.83. The Hall–Kier alpha value is -1.95. The summed E-state index contributed by atoms with van der Waals surface area (Å²) in [6.07, 6.45) is 5.55. The topological polar surface area (TPSA) is 52.7 Å². The lowest BCUT2D eigenvalue weighted by Crippen LogP contribution is -2.46. The molecule has 1 aromatic carbocycles. The van der Waals surface area contributed by atoms with E-state index in [9.17, 15) is 14.0 Å². The predicted octanol–water partition coefficient (Wildman–Crippen LogP) is 2.67. The van der Waals surface area contributed by atoms with Crippen molar-refractivity contribution in [2.45, 2.75) is 45.1 Å². The third-order valence-corrected chi connectivity index (χ3v) is 5.79. The van der Waals surface area contributed by atoms with Gasteiger partial charge in [-0.15, -0.1) is 0 Å². The van der Waals surface area contributed by atoms with E-state index in [4.69, 9.17) is 0 Å². The molecular formula is C21H30FN3O2. The molecular weight excluding hydrogens is 345 g/mol. The summed E-state index contributed by atoms with van der Waals surface area (Å²) in [6, 6.07) is 5.98. The number of carbonyl (C=O) groups is 2. The Bertz CT molecular complexity index is 649. The van der Waals surface area contributed by atoms with Crippen LogP contribution < -0.4 is 5.32 Å². The van der Waals surface area contributed by atoms with E-state index in [0.29, 0.717) is 43.7 Å². The van der Waals surface area contributed by atoms with Crippen LogP contribution in [0.1, 0.15) is 49.4 Å². The van der Waals surface area contributed by atoms with E-state index in [1.807, 2.05) is 0 Å². The lowest BCUT2D eigenvalue weighted by atomic mass is 9.86. The Morgan fingerprint density at radius 2 is 1.78 bits per heavy atom. The zero-order valence-corrected chi connectivity index (χ0v) is 16.1. The van der Waals surface area contributed by atoms with Gasteiger partial charge in [-0.25, -0.2) is 4.39 Å². The first-order valence-corrected chi connectivity index (χ1v) is 10.1. The van der Waals surface area contributed by atoms with Crippen molar-refractivity contribution >= 4 is 11.8 Å². The average molecular weight is 375 g/mol. The monoisotopic (exact) mass is 375 g/mol. The van der Waals surface area contributed by atoms with E-state index in [-0.39, 0.29) is 17.6 Å². The minimum Gasteiger partial charge on any atom is -0.352 e. The van der Waals surface area contributed by atoms with Crippen LogP contribution in [-0.4, -0.2) is 60.4 Å². The van der Waals surface area contributed by atoms with Crippen molar-refractivity contribution in [3.05, 3.63) is 35.6 Å². The summed E-state index contributed by atoms with van der Waals surface area (Å²) >= 11 is 0. The average Bonchev–Trinajstić information content (AvgIpc) is 2.89. The summed E-state index contributed by atoms with van der Waals surface area (Å²) in [4.78, 5) is 29.0. The van der Waals surface area contributed by atoms with Crippen LogP contribution in [0.4, 0.5) is 4.39 Å². The van der Waals surface area contributed by atoms with Crippen LogP contribution in [0.2, 0.25) is 0 Å². The van der Waals surface area contributed by atoms with Crippen molar-refractivity contribution in [3.8, 4) is 0 Å². The fraction of sp³-hybridized carbons (Fsp3) is 0.619. The maximum atomic E-state index is 13.1. The van der Waals surface area contributed by atoms with Gasteiger partial charge in [0, 0.05) is 37.8 Å². The number of rotatable bonds is 4. The Labute approximate surface area is 160 Å². The molecule has 0 spiro atoms. The molecule has 1 aliphatic heterocycles. The number of benzene rings is 1. The number of carbonyl (C=O) groups excluding carboxylic acids is 2. The van der Waals surface area contributed by atoms with Crippen molar-refractivity contribution in [2.75, 3.05) is 32.7 Å². The van der Waals surface area contributed by atoms with Gasteiger partial charge in [0.25, 0.3) is 5.91 Å². The molecule has 2 fully saturated rings. The molecule has 2 amide bonds. The van der Waals surface area contributed by atoms with Crippen molar-refractivity contribution in [3.63, 3.8) is 0 Å². The van der Waals surface area contributed by atoms with E-state index >= 15 is 0 Å². The molecule has 27 heavy (non-hydrogen) atoms. The molecule has 1 saturated carbocycles. The second-order valence-corrected chi connectivity index (χ2v) is 7.86. The smallest absolute Gasteiger partial charge is 0.253 e. The van der Waals surface area contributed by atoms with Gasteiger partial charge in [-0.1, -0.05) is 19.8 Å². The molecule has 0 bridgehead atoms. The Balaban J connectivity index is 1.48. The van der Waals surface area contributed by atoms with Gasteiger partial charge in [0.05, 0.1) is 6.54 Å². The molecule has 2 aliphatic rings. The molecule has 1 N–H and O–H groups in total. The second kappa shape index (κ2) is 9.31. The van der Waals surface area contributed by atoms with Crippen LogP contribution in [0, 0.1) is 11.7 Å². The highest BCUT2D eigenvalue weighted by Gasteiger charge is 2.25. The maximum absolute atomic E-state index is 13.1. The molecule has 0 aromatic heterocycles. The number of halogens is 1. The normalized spacial score (nSPS) is 24.3. The van der Waals surface area contributed by atoms with Gasteiger partial charge in [-0.3, -0.25) is 14.5 Å². The second-order valence-electron chi connectivity index (χ2n) is 7.86. The highest BCUT2D eigenvalue weighted by molar-refractivity contribution is 5.94. The Morgan fingerprint density at radius 1 is 1.04 bits per heavy atom. The zero-order valence-electron chi connectivity index (χ0n) is 16.1. The Morgan fingerprint density at radius 3 is 2.52 bits per heavy atom. The highest BCUT2D eigenvalue weighted by Crippen LogP contribution is 2.23. The summed E-state index contributed by atoms with van der Waals surface area (Å²) in [5.74, 6) is 0.229. The van der Waals surface area contributed by atoms with E-state index in [1.165, 1.54) is 43.5 Å². The molecule has 1 heterocycles. The summed E-state index contributed by atoms with van der Waals surface area (Å²) in [6.45, 7) is 5.34. The van der Waals surface area contributed by atoms with Crippen molar-refractivity contribution in [1.29, 1.82) is 0 Å². The number of nitrogens with one attached hydrogen (secondary N) is 1. The van der Waals surface area contributed by atoms with Crippen LogP contribution in [-0.2, 0) is 4.79 Å². The fourth-order valence-corrected chi connectivity index (χ4v) is 4.09. The minimum absolute atomic E-state index is 0.0719. The van der Waals surface area contributed by atoms with Crippen LogP contribution in [0.25, 0.3) is 0 Å². The quantitative estimate of drug-likeness (QED) is 0.880. The molecule has 0 unspecified atom stereocenters. The lowest BCUT2D eigenvalue weighted by molar-refractivity contribution is -0.123. The molecule has 1 aromatic rings. The van der Waals surface area contributed by atoms with Crippen LogP contribution in [0.3, 0.4) is 0 Å². The van der Waals surface area contributed by atoms with Crippen molar-refractivity contribution in [1.82, 2.24) is 15.1 Å². The largest absolute Gasteiger partial charge is 0.352 e. The van der Waals surface area contributed by atoms with Gasteiger partial charge >= 0.3 is 0 Å². The standard InChI is InChI=1S/C21H30FN3O2/c1-16-5-2-3-6-19(16)23-20(26)15-24-11-4-12-25(14-13-24)21(27)17-7-9-18(22)10-8-17/h7-10,16,19H,2-6,11-15H2,1H3,(H,23,26)/t16-,19-/m1/s1. The molecule has 1 aliphatic carbocycles. The van der Waals surface area contributed by atoms with Gasteiger partial charge < -0.3 is 10.2 Å². The van der Waals surface area contributed by atoms with Crippen LogP contribution in [0.15, 0.2) is 24.3 Å². The van der Waals surface area contributed by atoms with Crippen LogP contribution >= 0.6 is 0 Å². The van der Waals surface area contributed by atoms with Gasteiger partial charge in [0.1, 0.15) is 5.82 Å². The fourth-order valence-electron chi connectivity index (χ4n) is 4.09. The van der Waals surface area contributed by atoms with Gasteiger partial charge in [0.15, 0.2) is 0 Å². The molecule has 3 rings (SSSR count). The number of hydrogen-bond donors (Lipinski definition) is 1.